The molecule has 0 unspecified atom stereocenters. The first-order chi connectivity index (χ1) is 6.77. The molecule has 0 spiro atoms. The number of pyridine rings is 1. The van der Waals surface area contributed by atoms with Crippen molar-refractivity contribution in [2.75, 3.05) is 5.88 Å². The van der Waals surface area contributed by atoms with E-state index in [1.54, 1.807) is 6.07 Å². The van der Waals surface area contributed by atoms with Gasteiger partial charge in [0.1, 0.15) is 6.07 Å². The number of hydrogen-bond acceptors (Lipinski definition) is 2. The lowest BCUT2D eigenvalue weighted by atomic mass is 10.2. The molecule has 0 amide bonds. The van der Waals surface area contributed by atoms with Gasteiger partial charge in [0.25, 0.3) is 0 Å². The molecular formula is C10H6ClFN2. The summed E-state index contributed by atoms with van der Waals surface area (Å²) in [7, 11) is 0. The van der Waals surface area contributed by atoms with E-state index in [0.717, 1.165) is 0 Å². The van der Waals surface area contributed by atoms with Gasteiger partial charge in [0.2, 0.25) is 0 Å². The minimum absolute atomic E-state index is 0.215. The van der Waals surface area contributed by atoms with E-state index in [0.29, 0.717) is 17.9 Å². The minimum Gasteiger partial charge on any atom is -0.241 e. The summed E-state index contributed by atoms with van der Waals surface area (Å²) in [6.07, 6.45) is 1.91. The van der Waals surface area contributed by atoms with Gasteiger partial charge >= 0.3 is 0 Å². The van der Waals surface area contributed by atoms with Crippen LogP contribution in [0.4, 0.5) is 4.39 Å². The highest BCUT2D eigenvalue weighted by atomic mass is 35.5. The Balaban J connectivity index is 2.89. The van der Waals surface area contributed by atoms with Crippen molar-refractivity contribution in [1.29, 1.82) is 5.26 Å². The van der Waals surface area contributed by atoms with Crippen molar-refractivity contribution in [3.63, 3.8) is 0 Å². The largest absolute Gasteiger partial charge is 0.241 e. The maximum Gasteiger partial charge on any atom is 0.176 e. The molecule has 1 rings (SSSR count). The Hall–Kier alpha value is -1.58. The van der Waals surface area contributed by atoms with E-state index >= 15 is 0 Å². The maximum absolute atomic E-state index is 13.0. The molecule has 1 aromatic rings. The SMILES string of the molecule is N#Cc1ncc(C#CCCCl)cc1F. The molecule has 0 N–H and O–H groups in total. The third kappa shape index (κ3) is 2.73. The molecule has 0 aliphatic heterocycles. The number of aromatic nitrogens is 1. The van der Waals surface area contributed by atoms with Crippen LogP contribution in [-0.4, -0.2) is 10.9 Å². The highest BCUT2D eigenvalue weighted by molar-refractivity contribution is 6.18. The Labute approximate surface area is 86.3 Å². The number of alkyl halides is 1. The molecule has 4 heteroatoms. The second kappa shape index (κ2) is 5.21. The van der Waals surface area contributed by atoms with E-state index < -0.39 is 5.82 Å². The van der Waals surface area contributed by atoms with Gasteiger partial charge in [-0.15, -0.1) is 11.6 Å². The summed E-state index contributed by atoms with van der Waals surface area (Å²) in [6.45, 7) is 0. The number of hydrogen-bond donors (Lipinski definition) is 0. The van der Waals surface area contributed by atoms with Crippen LogP contribution in [0.5, 0.6) is 0 Å². The van der Waals surface area contributed by atoms with Crippen molar-refractivity contribution in [1.82, 2.24) is 4.98 Å². The first kappa shape index (κ1) is 10.5. The first-order valence-corrected chi connectivity index (χ1v) is 4.42. The molecule has 0 aromatic carbocycles. The van der Waals surface area contributed by atoms with E-state index in [-0.39, 0.29) is 5.69 Å². The maximum atomic E-state index is 13.0. The number of rotatable bonds is 1. The Morgan fingerprint density at radius 3 is 2.93 bits per heavy atom. The fourth-order valence-corrected chi connectivity index (χ4v) is 0.895. The van der Waals surface area contributed by atoms with Gasteiger partial charge in [0, 0.05) is 24.1 Å². The van der Waals surface area contributed by atoms with Crippen molar-refractivity contribution >= 4 is 11.6 Å². The summed E-state index contributed by atoms with van der Waals surface area (Å²) >= 11 is 5.41. The molecule has 2 nitrogen and oxygen atoms in total. The van der Waals surface area contributed by atoms with Crippen molar-refractivity contribution in [2.45, 2.75) is 6.42 Å². The Kier molecular flexibility index (Phi) is 3.91. The molecule has 14 heavy (non-hydrogen) atoms. The first-order valence-electron chi connectivity index (χ1n) is 3.88. The third-order valence-corrected chi connectivity index (χ3v) is 1.59. The summed E-state index contributed by atoms with van der Waals surface area (Å²) < 4.78 is 13.0. The average molecular weight is 209 g/mol. The monoisotopic (exact) mass is 208 g/mol. The molecule has 70 valence electrons. The van der Waals surface area contributed by atoms with Gasteiger partial charge in [-0.1, -0.05) is 11.8 Å². The van der Waals surface area contributed by atoms with Gasteiger partial charge < -0.3 is 0 Å². The fraction of sp³-hybridized carbons (Fsp3) is 0.200. The van der Waals surface area contributed by atoms with Crippen LogP contribution in [0, 0.1) is 29.0 Å². The molecule has 1 aromatic heterocycles. The zero-order valence-corrected chi connectivity index (χ0v) is 7.98. The van der Waals surface area contributed by atoms with Gasteiger partial charge in [-0.05, 0) is 6.07 Å². The zero-order valence-electron chi connectivity index (χ0n) is 7.22. The third-order valence-electron chi connectivity index (χ3n) is 1.40. The van der Waals surface area contributed by atoms with Crippen LogP contribution in [0.2, 0.25) is 0 Å². The topological polar surface area (TPSA) is 36.7 Å². The number of nitrogens with zero attached hydrogens (tertiary/aromatic N) is 2. The standard InChI is InChI=1S/C10H6ClFN2/c11-4-2-1-3-8-5-9(12)10(6-13)14-7-8/h5,7H,2,4H2. The Bertz CT molecular complexity index is 426. The molecular weight excluding hydrogens is 203 g/mol. The lowest BCUT2D eigenvalue weighted by Gasteiger charge is -1.92. The summed E-state index contributed by atoms with van der Waals surface area (Å²) in [6, 6.07) is 2.82. The van der Waals surface area contributed by atoms with Gasteiger partial charge in [-0.25, -0.2) is 9.37 Å². The molecule has 0 saturated heterocycles. The normalized spacial score (nSPS) is 8.64. The fourth-order valence-electron chi connectivity index (χ4n) is 0.800. The van der Waals surface area contributed by atoms with Crippen LogP contribution < -0.4 is 0 Å². The van der Waals surface area contributed by atoms with Gasteiger partial charge in [0.15, 0.2) is 11.5 Å². The van der Waals surface area contributed by atoms with Crippen LogP contribution in [0.3, 0.4) is 0 Å². The highest BCUT2D eigenvalue weighted by Crippen LogP contribution is 2.04. The number of nitriles is 1. The Morgan fingerprint density at radius 1 is 1.57 bits per heavy atom. The Morgan fingerprint density at radius 2 is 2.36 bits per heavy atom. The predicted octanol–water partition coefficient (Wildman–Crippen LogP) is 2.07. The summed E-state index contributed by atoms with van der Waals surface area (Å²) in [5, 5.41) is 8.42. The van der Waals surface area contributed by atoms with E-state index in [1.807, 2.05) is 0 Å². The number of halogens is 2. The smallest absolute Gasteiger partial charge is 0.176 e. The van der Waals surface area contributed by atoms with E-state index in [2.05, 4.69) is 16.8 Å². The van der Waals surface area contributed by atoms with E-state index in [1.165, 1.54) is 12.3 Å². The molecule has 0 radical (unpaired) electrons. The lowest BCUT2D eigenvalue weighted by molar-refractivity contribution is 0.616. The van der Waals surface area contributed by atoms with Gasteiger partial charge in [-0.2, -0.15) is 5.26 Å². The quantitative estimate of drug-likeness (QED) is 0.523. The molecule has 0 fully saturated rings. The molecule has 0 atom stereocenters. The minimum atomic E-state index is -0.648. The second-order valence-electron chi connectivity index (χ2n) is 2.41. The molecule has 1 heterocycles. The van der Waals surface area contributed by atoms with Crippen molar-refractivity contribution in [3.8, 4) is 17.9 Å². The summed E-state index contributed by atoms with van der Waals surface area (Å²) in [5.41, 5.74) is 0.236. The van der Waals surface area contributed by atoms with Gasteiger partial charge in [0.05, 0.1) is 0 Å². The molecule has 0 saturated carbocycles. The molecule has 0 aliphatic carbocycles. The summed E-state index contributed by atoms with van der Waals surface area (Å²) in [4.78, 5) is 3.60. The van der Waals surface area contributed by atoms with Crippen LogP contribution in [0.1, 0.15) is 17.7 Å². The lowest BCUT2D eigenvalue weighted by Crippen LogP contribution is -1.90. The van der Waals surface area contributed by atoms with Crippen molar-refractivity contribution in [3.05, 3.63) is 29.3 Å². The molecule has 0 aliphatic rings. The second-order valence-corrected chi connectivity index (χ2v) is 2.78. The zero-order chi connectivity index (χ0) is 10.4. The van der Waals surface area contributed by atoms with Crippen LogP contribution in [0.15, 0.2) is 12.3 Å². The van der Waals surface area contributed by atoms with E-state index in [9.17, 15) is 4.39 Å². The highest BCUT2D eigenvalue weighted by Gasteiger charge is 2.01. The van der Waals surface area contributed by atoms with Crippen LogP contribution in [0.25, 0.3) is 0 Å². The van der Waals surface area contributed by atoms with Crippen molar-refractivity contribution in [2.24, 2.45) is 0 Å². The van der Waals surface area contributed by atoms with Crippen LogP contribution >= 0.6 is 11.6 Å². The van der Waals surface area contributed by atoms with Gasteiger partial charge in [-0.3, -0.25) is 0 Å². The van der Waals surface area contributed by atoms with E-state index in [4.69, 9.17) is 16.9 Å². The molecule has 0 bridgehead atoms. The predicted molar refractivity (Wildman–Crippen MR) is 51.1 cm³/mol. The average Bonchev–Trinajstić information content (AvgIpc) is 2.18. The summed E-state index contributed by atoms with van der Waals surface area (Å²) in [5.74, 6) is 5.23. The van der Waals surface area contributed by atoms with Crippen molar-refractivity contribution < 1.29 is 4.39 Å². The van der Waals surface area contributed by atoms with Crippen LogP contribution in [-0.2, 0) is 0 Å².